The number of hydrogen-bond donors (Lipinski definition) is 2. The molecule has 0 saturated heterocycles. The number of aliphatic hydroxyl groups is 1. The Labute approximate surface area is 164 Å². The second-order valence-corrected chi connectivity index (χ2v) is 6.01. The second-order valence-electron chi connectivity index (χ2n) is 6.01. The van der Waals surface area contributed by atoms with Gasteiger partial charge in [0.2, 0.25) is 0 Å². The normalized spacial score (nSPS) is 12.5. The molecular weight excluding hydrogens is 374 g/mol. The maximum absolute atomic E-state index is 11.6. The molecule has 0 aliphatic rings. The van der Waals surface area contributed by atoms with E-state index in [0.717, 1.165) is 11.1 Å². The first kappa shape index (κ1) is 19.9. The molecule has 0 spiro atoms. The molecule has 0 saturated carbocycles. The van der Waals surface area contributed by atoms with Gasteiger partial charge in [-0.3, -0.25) is 4.99 Å². The average Bonchev–Trinajstić information content (AvgIpc) is 2.68. The molecule has 0 unspecified atom stereocenters. The molecule has 0 aromatic heterocycles. The number of aromatic hydroxyl groups is 1. The second kappa shape index (κ2) is 8.81. The summed E-state index contributed by atoms with van der Waals surface area (Å²) in [6.07, 6.45) is 1.61. The number of aliphatic imine (C=N–C) groups is 1. The minimum Gasteiger partial charge on any atom is -0.507 e. The molecule has 26 heavy (non-hydrogen) atoms. The van der Waals surface area contributed by atoms with Crippen LogP contribution in [0.5, 0.6) is 5.75 Å². The minimum absolute atomic E-state index is 0. The number of phenolic OH excluding ortho intramolecular Hbond substituents is 1. The Kier molecular flexibility index (Phi) is 6.76. The van der Waals surface area contributed by atoms with Gasteiger partial charge in [-0.05, 0) is 30.2 Å². The summed E-state index contributed by atoms with van der Waals surface area (Å²) in [5.74, 6) is 0.168. The van der Waals surface area contributed by atoms with E-state index in [2.05, 4.69) is 4.99 Å². The van der Waals surface area contributed by atoms with E-state index in [-0.39, 0.29) is 22.8 Å². The molecule has 1 atom stereocenters. The first-order valence-electron chi connectivity index (χ1n) is 8.27. The number of phenols is 1. The zero-order valence-electron chi connectivity index (χ0n) is 14.4. The smallest absolute Gasteiger partial charge is 0.137 e. The fourth-order valence-electron chi connectivity index (χ4n) is 2.93. The predicted octanol–water partition coefficient (Wildman–Crippen LogP) is 4.13. The van der Waals surface area contributed by atoms with Gasteiger partial charge in [0.1, 0.15) is 11.4 Å². The fraction of sp³-hybridized carbons (Fsp3) is 0.136. The van der Waals surface area contributed by atoms with Crippen molar-refractivity contribution in [2.24, 2.45) is 4.99 Å². The maximum atomic E-state index is 11.6. The maximum Gasteiger partial charge on any atom is 0.137 e. The molecule has 0 aliphatic carbocycles. The summed E-state index contributed by atoms with van der Waals surface area (Å²) in [4.78, 5) is 4.55. The summed E-state index contributed by atoms with van der Waals surface area (Å²) in [6, 6.07) is 25.6. The summed E-state index contributed by atoms with van der Waals surface area (Å²) in [7, 11) is 0. The topological polar surface area (TPSA) is 52.8 Å². The van der Waals surface area contributed by atoms with Gasteiger partial charge >= 0.3 is 0 Å². The monoisotopic (exact) mass is 394 g/mol. The molecule has 0 heterocycles. The fourth-order valence-corrected chi connectivity index (χ4v) is 2.93. The molecule has 0 bridgehead atoms. The van der Waals surface area contributed by atoms with Crippen molar-refractivity contribution in [2.75, 3.05) is 0 Å². The van der Waals surface area contributed by atoms with Crippen LogP contribution in [0.2, 0.25) is 0 Å². The Morgan fingerprint density at radius 1 is 0.808 bits per heavy atom. The van der Waals surface area contributed by atoms with Gasteiger partial charge in [0.05, 0.1) is 6.04 Å². The van der Waals surface area contributed by atoms with E-state index in [4.69, 9.17) is 0 Å². The van der Waals surface area contributed by atoms with Gasteiger partial charge in [0, 0.05) is 28.8 Å². The number of nitrogens with zero attached hydrogens (tertiary/aromatic N) is 1. The van der Waals surface area contributed by atoms with Gasteiger partial charge in [-0.2, -0.15) is 0 Å². The van der Waals surface area contributed by atoms with Gasteiger partial charge in [-0.25, -0.2) is 0 Å². The molecule has 1 radical (unpaired) electrons. The van der Waals surface area contributed by atoms with Gasteiger partial charge in [0.25, 0.3) is 0 Å². The molecule has 4 heteroatoms. The van der Waals surface area contributed by atoms with Crippen molar-refractivity contribution in [3.63, 3.8) is 0 Å². The average molecular weight is 395 g/mol. The summed E-state index contributed by atoms with van der Waals surface area (Å²) in [6.45, 7) is 1.87. The summed E-state index contributed by atoms with van der Waals surface area (Å²) < 4.78 is 0. The zero-order valence-corrected chi connectivity index (χ0v) is 15.3. The van der Waals surface area contributed by atoms with Crippen LogP contribution in [0.25, 0.3) is 0 Å². The van der Waals surface area contributed by atoms with Gasteiger partial charge in [-0.15, -0.1) is 0 Å². The molecule has 0 amide bonds. The van der Waals surface area contributed by atoms with E-state index < -0.39 is 11.6 Å². The molecule has 0 fully saturated rings. The predicted molar refractivity (Wildman–Crippen MR) is 101 cm³/mol. The van der Waals surface area contributed by atoms with E-state index >= 15 is 0 Å². The third-order valence-electron chi connectivity index (χ3n) is 4.41. The van der Waals surface area contributed by atoms with Crippen molar-refractivity contribution in [1.29, 1.82) is 0 Å². The Morgan fingerprint density at radius 2 is 1.27 bits per heavy atom. The molecule has 3 aromatic carbocycles. The van der Waals surface area contributed by atoms with E-state index in [1.165, 1.54) is 0 Å². The van der Waals surface area contributed by atoms with Crippen LogP contribution < -0.4 is 0 Å². The van der Waals surface area contributed by atoms with Crippen molar-refractivity contribution in [3.8, 4) is 5.75 Å². The van der Waals surface area contributed by atoms with Crippen molar-refractivity contribution in [3.05, 3.63) is 102 Å². The largest absolute Gasteiger partial charge is 0.507 e. The first-order valence-corrected chi connectivity index (χ1v) is 8.27. The Balaban J connectivity index is 0.00000243. The van der Waals surface area contributed by atoms with Crippen LogP contribution in [0.3, 0.4) is 0 Å². The molecule has 137 valence electrons. The van der Waals surface area contributed by atoms with Crippen molar-refractivity contribution in [2.45, 2.75) is 18.6 Å². The molecular formula is C22H21CuNO2. The van der Waals surface area contributed by atoms with Gasteiger partial charge in [0.15, 0.2) is 0 Å². The minimum atomic E-state index is -1.26. The molecule has 2 N–H and O–H groups in total. The van der Waals surface area contributed by atoms with Crippen molar-refractivity contribution < 1.29 is 27.3 Å². The number of para-hydroxylation sites is 1. The SMILES string of the molecule is C[C@@H](N=Cc1ccccc1O)C(O)(c1ccccc1)c1ccccc1.[Cu]. The summed E-state index contributed by atoms with van der Waals surface area (Å²) in [5.41, 5.74) is 0.924. The van der Waals surface area contributed by atoms with E-state index in [0.29, 0.717) is 5.56 Å². The van der Waals surface area contributed by atoms with Crippen molar-refractivity contribution in [1.82, 2.24) is 0 Å². The van der Waals surface area contributed by atoms with Crippen LogP contribution in [0.15, 0.2) is 89.9 Å². The quantitative estimate of drug-likeness (QED) is 0.505. The van der Waals surface area contributed by atoms with E-state index in [1.807, 2.05) is 73.7 Å². The Hall–Kier alpha value is -2.39. The van der Waals surface area contributed by atoms with Crippen molar-refractivity contribution >= 4 is 6.21 Å². The van der Waals surface area contributed by atoms with Crippen LogP contribution in [0.1, 0.15) is 23.6 Å². The zero-order chi connectivity index (χ0) is 17.7. The summed E-state index contributed by atoms with van der Waals surface area (Å²) in [5, 5.41) is 21.5. The van der Waals surface area contributed by atoms with Crippen LogP contribution in [0, 0.1) is 0 Å². The molecule has 3 rings (SSSR count). The van der Waals surface area contributed by atoms with Crippen LogP contribution in [-0.4, -0.2) is 22.5 Å². The van der Waals surface area contributed by atoms with Crippen LogP contribution in [-0.2, 0) is 22.7 Å². The standard InChI is InChI=1S/C22H21NO2.Cu/c1-17(23-16-18-10-8-9-15-21(18)24)22(25,19-11-4-2-5-12-19)20-13-6-3-7-14-20;/h2-17,24-25H,1H3;/t17-;/m1./s1. The Morgan fingerprint density at radius 3 is 1.77 bits per heavy atom. The molecule has 3 aromatic rings. The van der Waals surface area contributed by atoms with E-state index in [9.17, 15) is 10.2 Å². The molecule has 3 nitrogen and oxygen atoms in total. The summed E-state index contributed by atoms with van der Waals surface area (Å²) >= 11 is 0. The third-order valence-corrected chi connectivity index (χ3v) is 4.41. The van der Waals surface area contributed by atoms with Crippen LogP contribution >= 0.6 is 0 Å². The van der Waals surface area contributed by atoms with E-state index in [1.54, 1.807) is 24.4 Å². The Bertz CT molecular complexity index is 811. The first-order chi connectivity index (χ1) is 12.1. The number of rotatable bonds is 5. The number of benzene rings is 3. The third kappa shape index (κ3) is 4.05. The van der Waals surface area contributed by atoms with Gasteiger partial charge in [-0.1, -0.05) is 72.8 Å². The molecule has 0 aliphatic heterocycles. The van der Waals surface area contributed by atoms with Gasteiger partial charge < -0.3 is 10.2 Å². The van der Waals surface area contributed by atoms with Crippen LogP contribution in [0.4, 0.5) is 0 Å². The number of hydrogen-bond acceptors (Lipinski definition) is 3.